The van der Waals surface area contributed by atoms with E-state index in [1.807, 2.05) is 0 Å². The number of benzene rings is 2. The van der Waals surface area contributed by atoms with Gasteiger partial charge in [0.05, 0.1) is 35.5 Å². The first kappa shape index (κ1) is 39.7. The Morgan fingerprint density at radius 1 is 1.02 bits per heavy atom. The van der Waals surface area contributed by atoms with Crippen LogP contribution in [0.3, 0.4) is 0 Å². The second-order valence-corrected chi connectivity index (χ2v) is 18.3. The predicted molar refractivity (Wildman–Crippen MR) is 213 cm³/mol. The summed E-state index contributed by atoms with van der Waals surface area (Å²) >= 11 is 0. The molecule has 0 spiro atoms. The zero-order valence-corrected chi connectivity index (χ0v) is 33.7. The number of aromatic nitrogens is 3. The number of piperidine rings is 1. The smallest absolute Gasteiger partial charge is 0.407 e. The van der Waals surface area contributed by atoms with Gasteiger partial charge in [0.1, 0.15) is 47.5 Å². The van der Waals surface area contributed by atoms with Crippen LogP contribution in [-0.4, -0.2) is 94.7 Å². The van der Waals surface area contributed by atoms with Crippen LogP contribution in [0.25, 0.3) is 32.9 Å². The standard InChI is InChI=1S/C44H50F4N6O5/c1-42(2)12-5-4-9-32(42)39(55)59-28-16-25-10-11-33(47)29-8-6-15-57-41(56)52-43(3)18-26(45)21-53(23-43)38-31-20-49-36(30(17-28)34(25)29)35(48)37(31)50-40(51-38)58-24-44-13-7-14-54(44)22-27(46)19-44/h10-11,16-17,20,26-27,32H,4-9,12-15,18-19,21-24H2,1-3H3,(H,52,56)/t26-,27-,32?,43-,44+/m1/s1. The van der Waals surface area contributed by atoms with Gasteiger partial charge in [0.25, 0.3) is 0 Å². The van der Waals surface area contributed by atoms with Gasteiger partial charge in [-0.3, -0.25) is 14.7 Å². The van der Waals surface area contributed by atoms with Crippen molar-refractivity contribution in [3.05, 3.63) is 47.7 Å². The number of hydrogen-bond acceptors (Lipinski definition) is 10. The lowest BCUT2D eigenvalue weighted by atomic mass is 9.69. The van der Waals surface area contributed by atoms with Crippen LogP contribution in [0.2, 0.25) is 0 Å². The molecule has 5 aliphatic heterocycles. The van der Waals surface area contributed by atoms with E-state index in [-0.39, 0.29) is 109 Å². The molecule has 1 amide bonds. The normalized spacial score (nSPS) is 28.4. The minimum Gasteiger partial charge on any atom is -0.461 e. The van der Waals surface area contributed by atoms with Crippen molar-refractivity contribution in [2.75, 3.05) is 44.3 Å². The topological polar surface area (TPSA) is 119 Å². The van der Waals surface area contributed by atoms with E-state index >= 15 is 13.2 Å². The SMILES string of the molecule is CC1(C)CCCCC1C(=O)Oc1cc2c3c(c(F)ccc3c1)CCCOC(=O)N[C@]1(C)C[C@@H](F)CN(C1)c1nc(OC[C@@]34CCCN3C[C@H](F)C4)nc3c(F)c-2ncc13. The van der Waals surface area contributed by atoms with Crippen LogP contribution in [0.15, 0.2) is 30.5 Å². The van der Waals surface area contributed by atoms with E-state index in [1.165, 1.54) is 18.3 Å². The molecule has 10 rings (SSSR count). The molecule has 5 atom stereocenters. The second-order valence-electron chi connectivity index (χ2n) is 18.3. The largest absolute Gasteiger partial charge is 0.461 e. The van der Waals surface area contributed by atoms with Gasteiger partial charge in [-0.1, -0.05) is 32.8 Å². The average molecular weight is 819 g/mol. The molecule has 1 unspecified atom stereocenters. The second kappa shape index (κ2) is 15.0. The zero-order valence-electron chi connectivity index (χ0n) is 33.7. The molecule has 15 heteroatoms. The maximum atomic E-state index is 17.6. The number of pyridine rings is 1. The summed E-state index contributed by atoms with van der Waals surface area (Å²) < 4.78 is 81.9. The molecule has 1 aliphatic carbocycles. The van der Waals surface area contributed by atoms with Gasteiger partial charge < -0.3 is 24.4 Å². The van der Waals surface area contributed by atoms with Gasteiger partial charge in [-0.25, -0.2) is 22.4 Å². The van der Waals surface area contributed by atoms with Crippen LogP contribution >= 0.6 is 0 Å². The molecule has 314 valence electrons. The molecule has 6 aliphatic rings. The Bertz CT molecular complexity index is 2330. The molecule has 1 N–H and O–H groups in total. The number of nitrogens with one attached hydrogen (secondary N) is 1. The van der Waals surface area contributed by atoms with Gasteiger partial charge >= 0.3 is 18.1 Å². The summed E-state index contributed by atoms with van der Waals surface area (Å²) in [6.45, 7) is 6.81. The molecule has 2 aromatic carbocycles. The molecule has 59 heavy (non-hydrogen) atoms. The van der Waals surface area contributed by atoms with E-state index in [0.717, 1.165) is 38.6 Å². The van der Waals surface area contributed by atoms with E-state index in [9.17, 15) is 14.0 Å². The van der Waals surface area contributed by atoms with E-state index < -0.39 is 47.1 Å². The maximum absolute atomic E-state index is 17.6. The number of ether oxygens (including phenoxy) is 3. The van der Waals surface area contributed by atoms with Crippen molar-refractivity contribution < 1.29 is 41.4 Å². The lowest BCUT2D eigenvalue weighted by Gasteiger charge is -2.42. The van der Waals surface area contributed by atoms with Crippen LogP contribution < -0.4 is 19.7 Å². The third-order valence-corrected chi connectivity index (χ3v) is 13.4. The molecule has 7 heterocycles. The Morgan fingerprint density at radius 2 is 1.85 bits per heavy atom. The molecule has 2 aromatic heterocycles. The van der Waals surface area contributed by atoms with Crippen molar-refractivity contribution in [1.29, 1.82) is 0 Å². The minimum atomic E-state index is -1.41. The van der Waals surface area contributed by atoms with E-state index in [2.05, 4.69) is 34.0 Å². The van der Waals surface area contributed by atoms with Gasteiger partial charge in [-0.05, 0) is 91.9 Å². The number of carbonyl (C=O) groups is 2. The molecule has 11 nitrogen and oxygen atoms in total. The van der Waals surface area contributed by atoms with Crippen LogP contribution in [-0.2, 0) is 16.0 Å². The number of amides is 1. The number of alkyl carbamates (subject to hydrolysis) is 1. The third kappa shape index (κ3) is 7.41. The number of carbonyl (C=O) groups excluding carboxylic acids is 2. The van der Waals surface area contributed by atoms with Gasteiger partial charge in [0, 0.05) is 37.7 Å². The van der Waals surface area contributed by atoms with Crippen LogP contribution in [0, 0.1) is 23.0 Å². The highest BCUT2D eigenvalue weighted by molar-refractivity contribution is 6.02. The predicted octanol–water partition coefficient (Wildman–Crippen LogP) is 8.18. The number of fused-ring (bicyclic) bond motifs is 7. The molecule has 6 bridgehead atoms. The summed E-state index contributed by atoms with van der Waals surface area (Å²) in [4.78, 5) is 44.6. The quantitative estimate of drug-likeness (QED) is 0.120. The minimum absolute atomic E-state index is 0.0157. The number of halogens is 4. The Morgan fingerprint density at radius 3 is 2.68 bits per heavy atom. The Labute approximate surface area is 340 Å². The average Bonchev–Trinajstić information content (AvgIpc) is 3.70. The molecule has 3 saturated heterocycles. The fraction of sp³-hybridized carbons (Fsp3) is 0.568. The summed E-state index contributed by atoms with van der Waals surface area (Å²) in [7, 11) is 0. The zero-order chi connectivity index (χ0) is 41.3. The number of anilines is 1. The number of hydrogen-bond donors (Lipinski definition) is 1. The number of rotatable bonds is 5. The van der Waals surface area contributed by atoms with Gasteiger partial charge in [0.15, 0.2) is 5.82 Å². The fourth-order valence-electron chi connectivity index (χ4n) is 10.6. The molecule has 4 aromatic rings. The summed E-state index contributed by atoms with van der Waals surface area (Å²) in [5, 5.41) is 3.82. The van der Waals surface area contributed by atoms with Gasteiger partial charge in [-0.15, -0.1) is 0 Å². The Hall–Kier alpha value is -4.79. The molecule has 1 saturated carbocycles. The van der Waals surface area contributed by atoms with Gasteiger partial charge in [0.2, 0.25) is 0 Å². The van der Waals surface area contributed by atoms with Crippen LogP contribution in [0.4, 0.5) is 28.2 Å². The lowest BCUT2D eigenvalue weighted by molar-refractivity contribution is -0.144. The summed E-state index contributed by atoms with van der Waals surface area (Å²) in [6, 6.07) is 5.83. The summed E-state index contributed by atoms with van der Waals surface area (Å²) in [5.74, 6) is -1.87. The van der Waals surface area contributed by atoms with Crippen molar-refractivity contribution >= 4 is 39.6 Å². The van der Waals surface area contributed by atoms with E-state index in [1.54, 1.807) is 24.0 Å². The van der Waals surface area contributed by atoms with Crippen molar-refractivity contribution in [2.24, 2.45) is 11.3 Å². The number of alkyl halides is 2. The molecule has 0 radical (unpaired) electrons. The highest BCUT2D eigenvalue weighted by Gasteiger charge is 2.49. The van der Waals surface area contributed by atoms with Crippen molar-refractivity contribution in [3.8, 4) is 23.0 Å². The third-order valence-electron chi connectivity index (χ3n) is 13.4. The number of esters is 1. The summed E-state index contributed by atoms with van der Waals surface area (Å²) in [6.07, 6.45) is 3.91. The lowest BCUT2D eigenvalue weighted by Crippen LogP contribution is -2.60. The molecule has 4 fully saturated rings. The molecular weight excluding hydrogens is 769 g/mol. The number of aryl methyl sites for hydroxylation is 1. The number of nitrogens with zero attached hydrogens (tertiary/aromatic N) is 5. The van der Waals surface area contributed by atoms with E-state index in [0.29, 0.717) is 23.7 Å². The van der Waals surface area contributed by atoms with Crippen LogP contribution in [0.5, 0.6) is 11.8 Å². The monoisotopic (exact) mass is 818 g/mol. The highest BCUT2D eigenvalue weighted by atomic mass is 19.1. The first-order valence-corrected chi connectivity index (χ1v) is 20.9. The van der Waals surface area contributed by atoms with Crippen molar-refractivity contribution in [2.45, 2.75) is 108 Å². The van der Waals surface area contributed by atoms with Crippen LogP contribution in [0.1, 0.15) is 84.1 Å². The highest BCUT2D eigenvalue weighted by Crippen LogP contribution is 2.44. The maximum Gasteiger partial charge on any atom is 0.407 e. The van der Waals surface area contributed by atoms with Crippen molar-refractivity contribution in [3.63, 3.8) is 0 Å². The first-order valence-electron chi connectivity index (χ1n) is 20.9. The van der Waals surface area contributed by atoms with E-state index in [4.69, 9.17) is 19.2 Å². The van der Waals surface area contributed by atoms with Crippen molar-refractivity contribution in [1.82, 2.24) is 25.2 Å². The Kier molecular flexibility index (Phi) is 10.1. The van der Waals surface area contributed by atoms with Gasteiger partial charge in [-0.2, -0.15) is 9.97 Å². The Balaban J connectivity index is 1.21. The molecular formula is C44H50F4N6O5. The fourth-order valence-corrected chi connectivity index (χ4v) is 10.6. The summed E-state index contributed by atoms with van der Waals surface area (Å²) in [5.41, 5.74) is -1.90. The first-order chi connectivity index (χ1) is 28.2.